The van der Waals surface area contributed by atoms with Crippen molar-refractivity contribution in [2.75, 3.05) is 7.11 Å². The topological polar surface area (TPSA) is 65.5 Å². The van der Waals surface area contributed by atoms with Crippen molar-refractivity contribution in [3.05, 3.63) is 52.2 Å². The summed E-state index contributed by atoms with van der Waals surface area (Å²) in [7, 11) is 1.23. The number of carbonyl (C=O) groups excluding carboxylic acids is 2. The minimum atomic E-state index is -1.06. The molecule has 0 spiro atoms. The molecule has 0 N–H and O–H groups in total. The normalized spacial score (nSPS) is 11.9. The number of benzene rings is 1. The Bertz CT molecular complexity index is 845. The summed E-state index contributed by atoms with van der Waals surface area (Å²) < 4.78 is 9.93. The number of halogens is 1. The standard InChI is InChI=1S/C18H18ClNO4/c1-9-6-7-10(2)15-13(9)8-14(17(19)20-15)16(24-12(4)21)11(3)18(22)23-5/h6-8,16H,3H2,1-2,4-5H3. The highest BCUT2D eigenvalue weighted by Gasteiger charge is 2.28. The lowest BCUT2D eigenvalue weighted by Gasteiger charge is -2.20. The molecule has 5 nitrogen and oxygen atoms in total. The summed E-state index contributed by atoms with van der Waals surface area (Å²) in [6.45, 7) is 8.80. The van der Waals surface area contributed by atoms with Crippen molar-refractivity contribution in [3.8, 4) is 0 Å². The SMILES string of the molecule is C=C(C(=O)OC)C(OC(C)=O)c1cc2c(C)ccc(C)c2nc1Cl. The van der Waals surface area contributed by atoms with E-state index in [9.17, 15) is 9.59 Å². The Kier molecular flexibility index (Phi) is 5.24. The molecule has 24 heavy (non-hydrogen) atoms. The van der Waals surface area contributed by atoms with E-state index in [0.29, 0.717) is 5.56 Å². The van der Waals surface area contributed by atoms with Crippen LogP contribution in [0, 0.1) is 13.8 Å². The molecule has 0 amide bonds. The van der Waals surface area contributed by atoms with Gasteiger partial charge in [0.25, 0.3) is 0 Å². The van der Waals surface area contributed by atoms with Crippen molar-refractivity contribution in [2.45, 2.75) is 26.9 Å². The molecular weight excluding hydrogens is 330 g/mol. The van der Waals surface area contributed by atoms with E-state index < -0.39 is 18.0 Å². The molecule has 2 rings (SSSR count). The monoisotopic (exact) mass is 347 g/mol. The molecule has 0 radical (unpaired) electrons. The number of aryl methyl sites for hydroxylation is 2. The first-order valence-corrected chi connectivity index (χ1v) is 7.64. The third-order valence-electron chi connectivity index (χ3n) is 3.72. The lowest BCUT2D eigenvalue weighted by molar-refractivity contribution is -0.147. The van der Waals surface area contributed by atoms with Gasteiger partial charge in [0.1, 0.15) is 5.15 Å². The van der Waals surface area contributed by atoms with Gasteiger partial charge in [-0.05, 0) is 31.0 Å². The van der Waals surface area contributed by atoms with Crippen LogP contribution in [-0.2, 0) is 19.1 Å². The number of nitrogens with zero attached hydrogens (tertiary/aromatic N) is 1. The van der Waals surface area contributed by atoms with Crippen LogP contribution in [0.3, 0.4) is 0 Å². The summed E-state index contributed by atoms with van der Waals surface area (Å²) in [4.78, 5) is 27.7. The van der Waals surface area contributed by atoms with Gasteiger partial charge in [-0.3, -0.25) is 4.79 Å². The van der Waals surface area contributed by atoms with Crippen molar-refractivity contribution >= 4 is 34.4 Å². The zero-order chi connectivity index (χ0) is 18.0. The first-order chi connectivity index (χ1) is 11.3. The van der Waals surface area contributed by atoms with E-state index in [1.54, 1.807) is 6.07 Å². The Morgan fingerprint density at radius 1 is 1.25 bits per heavy atom. The highest BCUT2D eigenvalue weighted by Crippen LogP contribution is 2.34. The predicted molar refractivity (Wildman–Crippen MR) is 91.9 cm³/mol. The number of hydrogen-bond acceptors (Lipinski definition) is 5. The molecule has 0 fully saturated rings. The zero-order valence-corrected chi connectivity index (χ0v) is 14.7. The van der Waals surface area contributed by atoms with Gasteiger partial charge < -0.3 is 9.47 Å². The van der Waals surface area contributed by atoms with Crippen LogP contribution in [0.2, 0.25) is 5.15 Å². The predicted octanol–water partition coefficient (Wildman–Crippen LogP) is 3.84. The summed E-state index contributed by atoms with van der Waals surface area (Å²) in [5.41, 5.74) is 3.09. The van der Waals surface area contributed by atoms with Crippen LogP contribution in [-0.4, -0.2) is 24.0 Å². The van der Waals surface area contributed by atoms with Crippen LogP contribution in [0.5, 0.6) is 0 Å². The Balaban J connectivity index is 2.67. The highest BCUT2D eigenvalue weighted by molar-refractivity contribution is 6.30. The maximum atomic E-state index is 11.8. The van der Waals surface area contributed by atoms with Crippen molar-refractivity contribution < 1.29 is 19.1 Å². The van der Waals surface area contributed by atoms with Crippen LogP contribution in [0.15, 0.2) is 30.4 Å². The van der Waals surface area contributed by atoms with Crippen molar-refractivity contribution in [1.82, 2.24) is 4.98 Å². The summed E-state index contributed by atoms with van der Waals surface area (Å²) >= 11 is 6.30. The summed E-state index contributed by atoms with van der Waals surface area (Å²) in [6.07, 6.45) is -1.06. The molecule has 1 aromatic heterocycles. The number of methoxy groups -OCH3 is 1. The number of esters is 2. The van der Waals surface area contributed by atoms with E-state index in [4.69, 9.17) is 16.3 Å². The van der Waals surface area contributed by atoms with E-state index in [-0.39, 0.29) is 10.7 Å². The third-order valence-corrected chi connectivity index (χ3v) is 4.02. The summed E-state index contributed by atoms with van der Waals surface area (Å²) in [6, 6.07) is 5.69. The van der Waals surface area contributed by atoms with Crippen LogP contribution >= 0.6 is 11.6 Å². The van der Waals surface area contributed by atoms with Crippen molar-refractivity contribution in [3.63, 3.8) is 0 Å². The number of fused-ring (bicyclic) bond motifs is 1. The maximum Gasteiger partial charge on any atom is 0.337 e. The molecule has 0 saturated carbocycles. The summed E-state index contributed by atoms with van der Waals surface area (Å²) in [5, 5.41) is 1.01. The molecule has 1 heterocycles. The number of aromatic nitrogens is 1. The van der Waals surface area contributed by atoms with Gasteiger partial charge in [-0.15, -0.1) is 0 Å². The fraction of sp³-hybridized carbons (Fsp3) is 0.278. The van der Waals surface area contributed by atoms with Gasteiger partial charge in [-0.2, -0.15) is 0 Å². The molecular formula is C18H18ClNO4. The number of pyridine rings is 1. The Morgan fingerprint density at radius 3 is 2.46 bits per heavy atom. The average molecular weight is 348 g/mol. The second-order valence-corrected chi connectivity index (χ2v) is 5.83. The van der Waals surface area contributed by atoms with E-state index in [0.717, 1.165) is 22.0 Å². The zero-order valence-electron chi connectivity index (χ0n) is 14.0. The first kappa shape index (κ1) is 17.9. The van der Waals surface area contributed by atoms with Crippen LogP contribution < -0.4 is 0 Å². The number of ether oxygens (including phenoxy) is 2. The molecule has 2 aromatic rings. The second kappa shape index (κ2) is 7.01. The molecule has 1 unspecified atom stereocenters. The number of rotatable bonds is 4. The molecule has 0 saturated heterocycles. The lowest BCUT2D eigenvalue weighted by atomic mass is 9.99. The van der Waals surface area contributed by atoms with Crippen molar-refractivity contribution in [1.29, 1.82) is 0 Å². The first-order valence-electron chi connectivity index (χ1n) is 7.27. The van der Waals surface area contributed by atoms with Crippen LogP contribution in [0.25, 0.3) is 10.9 Å². The van der Waals surface area contributed by atoms with E-state index in [2.05, 4.69) is 16.3 Å². The fourth-order valence-corrected chi connectivity index (χ4v) is 2.67. The fourth-order valence-electron chi connectivity index (χ4n) is 2.44. The second-order valence-electron chi connectivity index (χ2n) is 5.47. The maximum absolute atomic E-state index is 11.8. The smallest absolute Gasteiger partial charge is 0.337 e. The Labute approximate surface area is 145 Å². The van der Waals surface area contributed by atoms with E-state index in [1.165, 1.54) is 14.0 Å². The minimum absolute atomic E-state index is 0.0268. The van der Waals surface area contributed by atoms with Gasteiger partial charge in [0.05, 0.1) is 18.2 Å². The van der Waals surface area contributed by atoms with Gasteiger partial charge in [0.15, 0.2) is 6.10 Å². The summed E-state index contributed by atoms with van der Waals surface area (Å²) in [5.74, 6) is -1.25. The molecule has 1 aromatic carbocycles. The van der Waals surface area contributed by atoms with Gasteiger partial charge in [0.2, 0.25) is 0 Å². The quantitative estimate of drug-likeness (QED) is 0.477. The Morgan fingerprint density at radius 2 is 1.88 bits per heavy atom. The number of carbonyl (C=O) groups is 2. The molecule has 0 aliphatic heterocycles. The molecule has 6 heteroatoms. The van der Waals surface area contributed by atoms with Gasteiger partial charge in [-0.1, -0.05) is 30.3 Å². The third kappa shape index (κ3) is 3.41. The van der Waals surface area contributed by atoms with E-state index in [1.807, 2.05) is 26.0 Å². The molecule has 0 aliphatic rings. The van der Waals surface area contributed by atoms with Gasteiger partial charge in [0, 0.05) is 17.9 Å². The largest absolute Gasteiger partial charge is 0.466 e. The van der Waals surface area contributed by atoms with Gasteiger partial charge in [-0.25, -0.2) is 9.78 Å². The molecule has 0 aliphatic carbocycles. The molecule has 0 bridgehead atoms. The van der Waals surface area contributed by atoms with Gasteiger partial charge >= 0.3 is 11.9 Å². The number of hydrogen-bond donors (Lipinski definition) is 0. The Hall–Kier alpha value is -2.40. The van der Waals surface area contributed by atoms with Crippen LogP contribution in [0.1, 0.15) is 29.7 Å². The molecule has 1 atom stereocenters. The van der Waals surface area contributed by atoms with Crippen molar-refractivity contribution in [2.24, 2.45) is 0 Å². The minimum Gasteiger partial charge on any atom is -0.466 e. The molecule has 126 valence electrons. The lowest BCUT2D eigenvalue weighted by Crippen LogP contribution is -2.18. The van der Waals surface area contributed by atoms with Crippen LogP contribution in [0.4, 0.5) is 0 Å². The van der Waals surface area contributed by atoms with E-state index >= 15 is 0 Å². The average Bonchev–Trinajstić information content (AvgIpc) is 2.54. The highest BCUT2D eigenvalue weighted by atomic mass is 35.5.